The van der Waals surface area contributed by atoms with Crippen LogP contribution in [0.25, 0.3) is 0 Å². The summed E-state index contributed by atoms with van der Waals surface area (Å²) >= 11 is 1.53. The van der Waals surface area contributed by atoms with E-state index in [1.165, 1.54) is 34.1 Å². The highest BCUT2D eigenvalue weighted by atomic mass is 32.2. The fraction of sp³-hybridized carbons (Fsp3) is 0.259. The smallest absolute Gasteiger partial charge is 0.313 e. The van der Waals surface area contributed by atoms with Crippen molar-refractivity contribution in [1.29, 1.82) is 0 Å². The molecule has 4 rings (SSSR count). The van der Waals surface area contributed by atoms with Gasteiger partial charge in [0.15, 0.2) is 0 Å². The first-order valence-electron chi connectivity index (χ1n) is 11.3. The van der Waals surface area contributed by atoms with Gasteiger partial charge in [-0.2, -0.15) is 0 Å². The van der Waals surface area contributed by atoms with Crippen molar-refractivity contribution in [3.63, 3.8) is 0 Å². The van der Waals surface area contributed by atoms with Crippen molar-refractivity contribution in [1.82, 2.24) is 5.32 Å². The number of fused-ring (bicyclic) bond motifs is 1. The number of anilines is 2. The predicted octanol–water partition coefficient (Wildman–Crippen LogP) is 4.66. The van der Waals surface area contributed by atoms with Gasteiger partial charge in [-0.15, -0.1) is 11.8 Å². The number of thioether (sulfide) groups is 1. The average Bonchev–Trinajstić information content (AvgIpc) is 2.87. The largest absolute Gasteiger partial charge is 0.367 e. The van der Waals surface area contributed by atoms with Crippen LogP contribution in [0.1, 0.15) is 23.1 Å². The number of nitrogens with zero attached hydrogens (tertiary/aromatic N) is 1. The molecule has 1 aliphatic heterocycles. The highest BCUT2D eigenvalue weighted by Gasteiger charge is 2.16. The van der Waals surface area contributed by atoms with Gasteiger partial charge in [0, 0.05) is 30.2 Å². The predicted molar refractivity (Wildman–Crippen MR) is 136 cm³/mol. The van der Waals surface area contributed by atoms with Crippen LogP contribution in [-0.2, 0) is 29.0 Å². The van der Waals surface area contributed by atoms with Gasteiger partial charge in [-0.3, -0.25) is 9.59 Å². The second-order valence-electron chi connectivity index (χ2n) is 8.12. The summed E-state index contributed by atoms with van der Waals surface area (Å²) in [6.07, 6.45) is 4.63. The maximum atomic E-state index is 12.2. The number of amides is 2. The first kappa shape index (κ1) is 22.9. The van der Waals surface area contributed by atoms with E-state index >= 15 is 0 Å². The summed E-state index contributed by atoms with van der Waals surface area (Å²) < 4.78 is 0. The van der Waals surface area contributed by atoms with Gasteiger partial charge in [0.05, 0.1) is 5.69 Å². The van der Waals surface area contributed by atoms with Crippen LogP contribution in [0.2, 0.25) is 0 Å². The van der Waals surface area contributed by atoms with Crippen molar-refractivity contribution >= 4 is 35.0 Å². The molecular weight excluding hydrogens is 430 g/mol. The lowest BCUT2D eigenvalue weighted by molar-refractivity contribution is -0.136. The van der Waals surface area contributed by atoms with E-state index in [9.17, 15) is 9.59 Å². The molecule has 0 unspecified atom stereocenters. The summed E-state index contributed by atoms with van der Waals surface area (Å²) in [5.41, 5.74) is 5.98. The maximum Gasteiger partial charge on any atom is 0.313 e. The van der Waals surface area contributed by atoms with Gasteiger partial charge in [0.2, 0.25) is 0 Å². The molecule has 0 spiro atoms. The summed E-state index contributed by atoms with van der Waals surface area (Å²) in [6, 6.07) is 24.8. The molecule has 3 aromatic carbocycles. The lowest BCUT2D eigenvalue weighted by Crippen LogP contribution is -2.36. The molecule has 0 bridgehead atoms. The molecule has 0 atom stereocenters. The lowest BCUT2D eigenvalue weighted by Gasteiger charge is -2.30. The zero-order valence-electron chi connectivity index (χ0n) is 18.8. The molecule has 0 aromatic heterocycles. The van der Waals surface area contributed by atoms with Crippen molar-refractivity contribution in [3.05, 3.63) is 89.5 Å². The van der Waals surface area contributed by atoms with Crippen molar-refractivity contribution in [3.8, 4) is 0 Å². The fourth-order valence-corrected chi connectivity index (χ4v) is 4.64. The Morgan fingerprint density at radius 2 is 1.64 bits per heavy atom. The maximum absolute atomic E-state index is 12.2. The van der Waals surface area contributed by atoms with Crippen molar-refractivity contribution in [2.45, 2.75) is 30.7 Å². The third-order valence-electron chi connectivity index (χ3n) is 5.92. The molecule has 6 heteroatoms. The van der Waals surface area contributed by atoms with E-state index < -0.39 is 11.8 Å². The van der Waals surface area contributed by atoms with E-state index in [-0.39, 0.29) is 0 Å². The van der Waals surface area contributed by atoms with Gasteiger partial charge >= 0.3 is 11.8 Å². The molecule has 0 saturated carbocycles. The Kier molecular flexibility index (Phi) is 7.68. The molecule has 2 N–H and O–H groups in total. The zero-order chi connectivity index (χ0) is 23.0. The number of carbonyl (C=O) groups is 2. The number of nitrogens with one attached hydrogen (secondary N) is 2. The van der Waals surface area contributed by atoms with Crippen LogP contribution >= 0.6 is 11.8 Å². The molecule has 1 aliphatic rings. The first-order valence-corrected chi connectivity index (χ1v) is 12.5. The van der Waals surface area contributed by atoms with Crippen LogP contribution in [0, 0.1) is 0 Å². The minimum Gasteiger partial charge on any atom is -0.367 e. The fourth-order valence-electron chi connectivity index (χ4n) is 4.09. The minimum absolute atomic E-state index is 0.459. The first-order chi connectivity index (χ1) is 16.1. The minimum atomic E-state index is -0.635. The second-order valence-corrected chi connectivity index (χ2v) is 8.97. The monoisotopic (exact) mass is 459 g/mol. The van der Waals surface area contributed by atoms with Crippen LogP contribution in [0.4, 0.5) is 11.4 Å². The average molecular weight is 460 g/mol. The van der Waals surface area contributed by atoms with E-state index in [0.717, 1.165) is 37.2 Å². The molecule has 3 aromatic rings. The van der Waals surface area contributed by atoms with E-state index in [1.54, 1.807) is 6.07 Å². The number of carbonyl (C=O) groups excluding carboxylic acids is 2. The number of rotatable bonds is 7. The van der Waals surface area contributed by atoms with Crippen molar-refractivity contribution in [2.75, 3.05) is 29.6 Å². The molecule has 1 heterocycles. The van der Waals surface area contributed by atoms with E-state index in [0.29, 0.717) is 12.2 Å². The van der Waals surface area contributed by atoms with E-state index in [1.807, 2.05) is 24.5 Å². The van der Waals surface area contributed by atoms with Gasteiger partial charge in [-0.25, -0.2) is 0 Å². The summed E-state index contributed by atoms with van der Waals surface area (Å²) in [6.45, 7) is 2.44. The third-order valence-corrected chi connectivity index (χ3v) is 6.72. The number of aryl methyl sites for hydroxylation is 1. The molecule has 33 heavy (non-hydrogen) atoms. The van der Waals surface area contributed by atoms with Crippen LogP contribution < -0.4 is 15.5 Å². The summed E-state index contributed by atoms with van der Waals surface area (Å²) in [5, 5.41) is 5.40. The molecule has 0 aliphatic carbocycles. The Morgan fingerprint density at radius 3 is 2.42 bits per heavy atom. The summed E-state index contributed by atoms with van der Waals surface area (Å²) in [5.74, 6) is -1.24. The van der Waals surface area contributed by atoms with Gasteiger partial charge < -0.3 is 15.5 Å². The van der Waals surface area contributed by atoms with Crippen LogP contribution in [0.15, 0.2) is 77.7 Å². The normalized spacial score (nSPS) is 12.7. The molecule has 0 fully saturated rings. The van der Waals surface area contributed by atoms with Crippen LogP contribution in [-0.4, -0.2) is 31.2 Å². The zero-order valence-corrected chi connectivity index (χ0v) is 19.7. The topological polar surface area (TPSA) is 61.4 Å². The van der Waals surface area contributed by atoms with Crippen LogP contribution in [0.3, 0.4) is 0 Å². The standard InChI is InChI=1S/C27H29N3O2S/c1-33-25-11-5-4-10-24(25)29-27(32)26(31)28-17-6-7-20-12-14-23(15-13-20)30-18-16-21-8-2-3-9-22(21)19-30/h2-5,8-15H,6-7,16-19H2,1H3,(H,28,31)(H,29,32). The third kappa shape index (κ3) is 5.96. The van der Waals surface area contributed by atoms with Crippen molar-refractivity contribution in [2.24, 2.45) is 0 Å². The molecule has 0 saturated heterocycles. The molecule has 0 radical (unpaired) electrons. The van der Waals surface area contributed by atoms with Gasteiger partial charge in [0.25, 0.3) is 0 Å². The highest BCUT2D eigenvalue weighted by molar-refractivity contribution is 7.98. The van der Waals surface area contributed by atoms with E-state index in [2.05, 4.69) is 64.1 Å². The number of benzene rings is 3. The van der Waals surface area contributed by atoms with E-state index in [4.69, 9.17) is 0 Å². The Bertz CT molecular complexity index is 1110. The van der Waals surface area contributed by atoms with Gasteiger partial charge in [0.1, 0.15) is 0 Å². The Balaban J connectivity index is 1.21. The molecule has 170 valence electrons. The SMILES string of the molecule is CSc1ccccc1NC(=O)C(=O)NCCCc1ccc(N2CCc3ccccc3C2)cc1. The number of hydrogen-bond donors (Lipinski definition) is 2. The summed E-state index contributed by atoms with van der Waals surface area (Å²) in [4.78, 5) is 27.6. The number of para-hydroxylation sites is 1. The molecule has 5 nitrogen and oxygen atoms in total. The van der Waals surface area contributed by atoms with Gasteiger partial charge in [-0.1, -0.05) is 48.5 Å². The highest BCUT2D eigenvalue weighted by Crippen LogP contribution is 2.25. The number of hydrogen-bond acceptors (Lipinski definition) is 4. The lowest BCUT2D eigenvalue weighted by atomic mass is 9.99. The van der Waals surface area contributed by atoms with Crippen molar-refractivity contribution < 1.29 is 9.59 Å². The van der Waals surface area contributed by atoms with Gasteiger partial charge in [-0.05, 0) is 66.5 Å². The Morgan fingerprint density at radius 1 is 0.909 bits per heavy atom. The Labute approximate surface area is 199 Å². The second kappa shape index (κ2) is 11.1. The van der Waals surface area contributed by atoms with Crippen LogP contribution in [0.5, 0.6) is 0 Å². The Hall–Kier alpha value is -3.25. The molecule has 2 amide bonds. The molecular formula is C27H29N3O2S. The quantitative estimate of drug-likeness (QED) is 0.307. The summed E-state index contributed by atoms with van der Waals surface area (Å²) in [7, 11) is 0.